The van der Waals surface area contributed by atoms with Crippen molar-refractivity contribution in [3.05, 3.63) is 47.6 Å². The molecule has 0 saturated carbocycles. The fourth-order valence-corrected chi connectivity index (χ4v) is 2.29. The Bertz CT molecular complexity index is 706. The van der Waals surface area contributed by atoms with Crippen LogP contribution in [-0.4, -0.2) is 12.0 Å². The molecule has 20 heavy (non-hydrogen) atoms. The number of anilines is 1. The first kappa shape index (κ1) is 12.7. The summed E-state index contributed by atoms with van der Waals surface area (Å²) in [5, 5.41) is 5.68. The lowest BCUT2D eigenvalue weighted by molar-refractivity contribution is 0.351. The average Bonchev–Trinajstić information content (AvgIpc) is 3.10. The third kappa shape index (κ3) is 2.65. The number of furan rings is 1. The Balaban J connectivity index is 1.78. The third-order valence-electron chi connectivity index (χ3n) is 2.58. The smallest absolute Gasteiger partial charge is 0.290 e. The van der Waals surface area contributed by atoms with Crippen molar-refractivity contribution in [2.45, 2.75) is 0 Å². The summed E-state index contributed by atoms with van der Waals surface area (Å²) in [6, 6.07) is 9.24. The lowest BCUT2D eigenvalue weighted by atomic mass is 10.3. The molecule has 3 rings (SSSR count). The van der Waals surface area contributed by atoms with Crippen molar-refractivity contribution in [2.24, 2.45) is 0 Å². The summed E-state index contributed by atoms with van der Waals surface area (Å²) in [7, 11) is 1.81. The zero-order chi connectivity index (χ0) is 13.9. The van der Waals surface area contributed by atoms with Crippen molar-refractivity contribution in [1.29, 1.82) is 0 Å². The highest BCUT2D eigenvalue weighted by Gasteiger charge is 2.10. The van der Waals surface area contributed by atoms with Crippen molar-refractivity contribution in [3.8, 4) is 23.1 Å². The Morgan fingerprint density at radius 2 is 2.00 bits per heavy atom. The van der Waals surface area contributed by atoms with Gasteiger partial charge in [0.05, 0.1) is 0 Å². The van der Waals surface area contributed by atoms with E-state index < -0.39 is 0 Å². The second-order valence-electron chi connectivity index (χ2n) is 3.96. The van der Waals surface area contributed by atoms with Crippen molar-refractivity contribution in [2.75, 3.05) is 12.4 Å². The standard InChI is InChI=1S/C14H11FN2O2S/c1-16-14-17-11(8-20-14)12-6-7-13(19-12)18-10-4-2-9(15)3-5-10/h2-8H,1H3,(H,16,17). The maximum absolute atomic E-state index is 12.8. The van der Waals surface area contributed by atoms with E-state index in [9.17, 15) is 4.39 Å². The molecule has 0 aliphatic rings. The Morgan fingerprint density at radius 1 is 1.20 bits per heavy atom. The second kappa shape index (κ2) is 5.34. The van der Waals surface area contributed by atoms with Gasteiger partial charge in [0.15, 0.2) is 10.9 Å². The van der Waals surface area contributed by atoms with Crippen LogP contribution in [0.15, 0.2) is 46.2 Å². The highest BCUT2D eigenvalue weighted by atomic mass is 32.1. The molecule has 0 spiro atoms. The van der Waals surface area contributed by atoms with Crippen LogP contribution in [0.1, 0.15) is 0 Å². The molecule has 4 nitrogen and oxygen atoms in total. The Kier molecular flexibility index (Phi) is 3.39. The normalized spacial score (nSPS) is 10.5. The summed E-state index contributed by atoms with van der Waals surface area (Å²) < 4.78 is 23.9. The van der Waals surface area contributed by atoms with Crippen LogP contribution < -0.4 is 10.1 Å². The van der Waals surface area contributed by atoms with Gasteiger partial charge in [-0.2, -0.15) is 0 Å². The van der Waals surface area contributed by atoms with E-state index in [2.05, 4.69) is 10.3 Å². The summed E-state index contributed by atoms with van der Waals surface area (Å²) in [5.41, 5.74) is 0.744. The van der Waals surface area contributed by atoms with Crippen LogP contribution in [-0.2, 0) is 0 Å². The quantitative estimate of drug-likeness (QED) is 0.774. The van der Waals surface area contributed by atoms with Crippen LogP contribution in [0.2, 0.25) is 0 Å². The Hall–Kier alpha value is -2.34. The van der Waals surface area contributed by atoms with Crippen LogP contribution in [0, 0.1) is 5.82 Å². The molecule has 1 aromatic carbocycles. The molecule has 0 bridgehead atoms. The largest absolute Gasteiger partial charge is 0.426 e. The van der Waals surface area contributed by atoms with Gasteiger partial charge in [0.2, 0.25) is 0 Å². The molecule has 3 aromatic rings. The monoisotopic (exact) mass is 290 g/mol. The summed E-state index contributed by atoms with van der Waals surface area (Å²) in [6.07, 6.45) is 0. The molecule has 0 unspecified atom stereocenters. The van der Waals surface area contributed by atoms with E-state index >= 15 is 0 Å². The van der Waals surface area contributed by atoms with Gasteiger partial charge in [-0.15, -0.1) is 11.3 Å². The zero-order valence-corrected chi connectivity index (χ0v) is 11.4. The molecule has 6 heteroatoms. The summed E-state index contributed by atoms with van der Waals surface area (Å²) in [6.45, 7) is 0. The molecular weight excluding hydrogens is 279 g/mol. The highest BCUT2D eigenvalue weighted by molar-refractivity contribution is 7.14. The SMILES string of the molecule is CNc1nc(-c2ccc(Oc3ccc(F)cc3)o2)cs1. The van der Waals surface area contributed by atoms with Crippen molar-refractivity contribution >= 4 is 16.5 Å². The number of thiazole rings is 1. The van der Waals surface area contributed by atoms with Gasteiger partial charge >= 0.3 is 0 Å². The Labute approximate surface area is 118 Å². The molecule has 0 radical (unpaired) electrons. The second-order valence-corrected chi connectivity index (χ2v) is 4.82. The minimum Gasteiger partial charge on any atom is -0.426 e. The van der Waals surface area contributed by atoms with Crippen molar-refractivity contribution < 1.29 is 13.5 Å². The molecule has 1 N–H and O–H groups in total. The van der Waals surface area contributed by atoms with E-state index in [-0.39, 0.29) is 5.82 Å². The third-order valence-corrected chi connectivity index (χ3v) is 3.44. The molecule has 2 aromatic heterocycles. The molecule has 0 atom stereocenters. The van der Waals surface area contributed by atoms with E-state index in [1.165, 1.54) is 23.5 Å². The minimum absolute atomic E-state index is 0.306. The van der Waals surface area contributed by atoms with Crippen LogP contribution in [0.5, 0.6) is 11.7 Å². The summed E-state index contributed by atoms with van der Waals surface area (Å²) >= 11 is 1.49. The first-order valence-electron chi connectivity index (χ1n) is 5.91. The van der Waals surface area contributed by atoms with E-state index in [4.69, 9.17) is 9.15 Å². The van der Waals surface area contributed by atoms with Crippen molar-refractivity contribution in [3.63, 3.8) is 0 Å². The topological polar surface area (TPSA) is 47.3 Å². The van der Waals surface area contributed by atoms with E-state index in [0.29, 0.717) is 17.5 Å². The van der Waals surface area contributed by atoms with E-state index in [1.807, 2.05) is 12.4 Å². The predicted molar refractivity (Wildman–Crippen MR) is 75.8 cm³/mol. The van der Waals surface area contributed by atoms with Gasteiger partial charge in [-0.25, -0.2) is 9.37 Å². The maximum Gasteiger partial charge on any atom is 0.290 e. The molecule has 0 aliphatic carbocycles. The number of benzene rings is 1. The number of nitrogens with zero attached hydrogens (tertiary/aromatic N) is 1. The van der Waals surface area contributed by atoms with Gasteiger partial charge in [0.25, 0.3) is 5.95 Å². The van der Waals surface area contributed by atoms with Crippen molar-refractivity contribution in [1.82, 2.24) is 4.98 Å². The lowest BCUT2D eigenvalue weighted by Gasteiger charge is -2.00. The van der Waals surface area contributed by atoms with Gasteiger partial charge in [0, 0.05) is 18.5 Å². The lowest BCUT2D eigenvalue weighted by Crippen LogP contribution is -1.85. The van der Waals surface area contributed by atoms with E-state index in [0.717, 1.165) is 10.8 Å². The van der Waals surface area contributed by atoms with Gasteiger partial charge < -0.3 is 14.5 Å². The number of ether oxygens (including phenoxy) is 1. The summed E-state index contributed by atoms with van der Waals surface area (Å²) in [5.74, 6) is 1.17. The molecule has 0 amide bonds. The predicted octanol–water partition coefficient (Wildman–Crippen LogP) is 4.38. The first-order valence-corrected chi connectivity index (χ1v) is 6.79. The number of halogens is 1. The maximum atomic E-state index is 12.8. The molecule has 0 saturated heterocycles. The molecule has 102 valence electrons. The molecule has 0 aliphatic heterocycles. The summed E-state index contributed by atoms with van der Waals surface area (Å²) in [4.78, 5) is 4.34. The highest BCUT2D eigenvalue weighted by Crippen LogP contribution is 2.31. The first-order chi connectivity index (χ1) is 9.74. The van der Waals surface area contributed by atoms with Crippen LogP contribution in [0.25, 0.3) is 11.5 Å². The minimum atomic E-state index is -0.306. The fraction of sp³-hybridized carbons (Fsp3) is 0.0714. The Morgan fingerprint density at radius 3 is 2.70 bits per heavy atom. The number of rotatable bonds is 4. The number of hydrogen-bond donors (Lipinski definition) is 1. The van der Waals surface area contributed by atoms with Gasteiger partial charge in [0.1, 0.15) is 17.3 Å². The van der Waals surface area contributed by atoms with Crippen LogP contribution >= 0.6 is 11.3 Å². The fourth-order valence-electron chi connectivity index (χ4n) is 1.63. The molecule has 0 fully saturated rings. The zero-order valence-electron chi connectivity index (χ0n) is 10.6. The molecule has 2 heterocycles. The van der Waals surface area contributed by atoms with Crippen LogP contribution in [0.3, 0.4) is 0 Å². The number of hydrogen-bond acceptors (Lipinski definition) is 5. The molecular formula is C14H11FN2O2S. The number of nitrogens with one attached hydrogen (secondary N) is 1. The number of aromatic nitrogens is 1. The van der Waals surface area contributed by atoms with Crippen LogP contribution in [0.4, 0.5) is 9.52 Å². The van der Waals surface area contributed by atoms with E-state index in [1.54, 1.807) is 24.3 Å². The van der Waals surface area contributed by atoms with Gasteiger partial charge in [-0.1, -0.05) is 0 Å². The van der Waals surface area contributed by atoms with Gasteiger partial charge in [-0.05, 0) is 30.3 Å². The average molecular weight is 290 g/mol. The van der Waals surface area contributed by atoms with Gasteiger partial charge in [-0.3, -0.25) is 0 Å².